The first kappa shape index (κ1) is 14.8. The average Bonchev–Trinajstić information content (AvgIpc) is 2.84. The molecule has 2 N–H and O–H groups in total. The fourth-order valence-corrected chi connectivity index (χ4v) is 2.74. The Bertz CT molecular complexity index is 493. The summed E-state index contributed by atoms with van der Waals surface area (Å²) in [6.07, 6.45) is 2.76. The summed E-state index contributed by atoms with van der Waals surface area (Å²) in [4.78, 5) is 13.9. The summed E-state index contributed by atoms with van der Waals surface area (Å²) in [7, 11) is 3.16. The minimum atomic E-state index is -0.414. The van der Waals surface area contributed by atoms with E-state index < -0.39 is 5.82 Å². The molecular weight excluding hydrogens is 259 g/mol. The Morgan fingerprint density at radius 3 is 2.80 bits per heavy atom. The lowest BCUT2D eigenvalue weighted by Gasteiger charge is -2.23. The van der Waals surface area contributed by atoms with E-state index in [4.69, 9.17) is 10.5 Å². The second kappa shape index (κ2) is 6.22. The number of amides is 1. The molecule has 1 aliphatic carbocycles. The van der Waals surface area contributed by atoms with Gasteiger partial charge in [-0.1, -0.05) is 12.5 Å². The molecule has 0 aromatic heterocycles. The van der Waals surface area contributed by atoms with Crippen LogP contribution in [0.1, 0.15) is 24.8 Å². The zero-order chi connectivity index (χ0) is 14.7. The van der Waals surface area contributed by atoms with Crippen LogP contribution in [0, 0.1) is 11.7 Å². The van der Waals surface area contributed by atoms with Crippen LogP contribution in [0.25, 0.3) is 0 Å². The van der Waals surface area contributed by atoms with Gasteiger partial charge >= 0.3 is 0 Å². The number of carbonyl (C=O) groups excluding carboxylic acids is 1. The van der Waals surface area contributed by atoms with Crippen LogP contribution in [0.2, 0.25) is 0 Å². The van der Waals surface area contributed by atoms with Crippen LogP contribution in [-0.4, -0.2) is 31.0 Å². The Morgan fingerprint density at radius 1 is 1.50 bits per heavy atom. The molecule has 1 aliphatic rings. The highest BCUT2D eigenvalue weighted by Gasteiger charge is 2.32. The van der Waals surface area contributed by atoms with Gasteiger partial charge in [-0.3, -0.25) is 4.79 Å². The Balaban J connectivity index is 2.02. The monoisotopic (exact) mass is 280 g/mol. The first-order valence-electron chi connectivity index (χ1n) is 6.86. The maximum atomic E-state index is 13.6. The SMILES string of the molecule is COc1ccc(CN(C)C(=O)C2CCCC2N)cc1F. The maximum absolute atomic E-state index is 13.6. The molecule has 1 amide bonds. The van der Waals surface area contributed by atoms with E-state index in [9.17, 15) is 9.18 Å². The summed E-state index contributed by atoms with van der Waals surface area (Å²) >= 11 is 0. The lowest BCUT2D eigenvalue weighted by Crippen LogP contribution is -2.39. The molecule has 2 rings (SSSR count). The van der Waals surface area contributed by atoms with E-state index >= 15 is 0 Å². The molecule has 1 saturated carbocycles. The van der Waals surface area contributed by atoms with Crippen molar-refractivity contribution < 1.29 is 13.9 Å². The zero-order valence-corrected chi connectivity index (χ0v) is 11.9. The number of rotatable bonds is 4. The summed E-state index contributed by atoms with van der Waals surface area (Å²) in [5, 5.41) is 0. The smallest absolute Gasteiger partial charge is 0.227 e. The van der Waals surface area contributed by atoms with Gasteiger partial charge in [0.2, 0.25) is 5.91 Å². The van der Waals surface area contributed by atoms with Gasteiger partial charge < -0.3 is 15.4 Å². The molecule has 1 aromatic rings. The molecule has 0 aliphatic heterocycles. The molecular formula is C15H21FN2O2. The van der Waals surface area contributed by atoms with Gasteiger partial charge in [0.1, 0.15) is 0 Å². The van der Waals surface area contributed by atoms with Crippen molar-refractivity contribution in [2.75, 3.05) is 14.2 Å². The van der Waals surface area contributed by atoms with Crippen LogP contribution in [0.3, 0.4) is 0 Å². The zero-order valence-electron chi connectivity index (χ0n) is 11.9. The Kier molecular flexibility index (Phi) is 4.60. The van der Waals surface area contributed by atoms with E-state index in [1.54, 1.807) is 24.1 Å². The number of carbonyl (C=O) groups is 1. The van der Waals surface area contributed by atoms with Crippen LogP contribution in [-0.2, 0) is 11.3 Å². The number of methoxy groups -OCH3 is 1. The number of hydrogen-bond acceptors (Lipinski definition) is 3. The molecule has 0 saturated heterocycles. The number of nitrogens with two attached hydrogens (primary N) is 1. The van der Waals surface area contributed by atoms with E-state index in [0.717, 1.165) is 24.8 Å². The number of ether oxygens (including phenoxy) is 1. The van der Waals surface area contributed by atoms with Gasteiger partial charge in [0.15, 0.2) is 11.6 Å². The van der Waals surface area contributed by atoms with Crippen molar-refractivity contribution in [2.45, 2.75) is 31.8 Å². The summed E-state index contributed by atoms with van der Waals surface area (Å²) in [5.74, 6) is -0.252. The molecule has 1 aromatic carbocycles. The van der Waals surface area contributed by atoms with Crippen molar-refractivity contribution in [3.8, 4) is 5.75 Å². The molecule has 5 heteroatoms. The Morgan fingerprint density at radius 2 is 2.25 bits per heavy atom. The van der Waals surface area contributed by atoms with E-state index in [-0.39, 0.29) is 23.6 Å². The lowest BCUT2D eigenvalue weighted by molar-refractivity contribution is -0.134. The van der Waals surface area contributed by atoms with Crippen LogP contribution in [0.4, 0.5) is 4.39 Å². The lowest BCUT2D eigenvalue weighted by atomic mass is 10.0. The fourth-order valence-electron chi connectivity index (χ4n) is 2.74. The maximum Gasteiger partial charge on any atom is 0.227 e. The molecule has 0 radical (unpaired) electrons. The Labute approximate surface area is 118 Å². The van der Waals surface area contributed by atoms with Gasteiger partial charge in [-0.25, -0.2) is 4.39 Å². The minimum Gasteiger partial charge on any atom is -0.494 e. The van der Waals surface area contributed by atoms with Crippen LogP contribution >= 0.6 is 0 Å². The number of nitrogens with zero attached hydrogens (tertiary/aromatic N) is 1. The van der Waals surface area contributed by atoms with E-state index in [0.29, 0.717) is 6.54 Å². The highest BCUT2D eigenvalue weighted by atomic mass is 19.1. The molecule has 0 heterocycles. The van der Waals surface area contributed by atoms with E-state index in [1.807, 2.05) is 0 Å². The Hall–Kier alpha value is -1.62. The highest BCUT2D eigenvalue weighted by molar-refractivity contribution is 5.79. The fraction of sp³-hybridized carbons (Fsp3) is 0.533. The van der Waals surface area contributed by atoms with Gasteiger partial charge in [0, 0.05) is 19.6 Å². The van der Waals surface area contributed by atoms with Gasteiger partial charge in [-0.2, -0.15) is 0 Å². The third kappa shape index (κ3) is 3.10. The number of hydrogen-bond donors (Lipinski definition) is 1. The molecule has 2 unspecified atom stereocenters. The van der Waals surface area contributed by atoms with Gasteiger partial charge in [-0.15, -0.1) is 0 Å². The molecule has 4 nitrogen and oxygen atoms in total. The first-order chi connectivity index (χ1) is 9.52. The predicted molar refractivity (Wildman–Crippen MR) is 74.7 cm³/mol. The second-order valence-electron chi connectivity index (χ2n) is 5.36. The van der Waals surface area contributed by atoms with Gasteiger partial charge in [-0.05, 0) is 30.5 Å². The summed E-state index contributed by atoms with van der Waals surface area (Å²) in [6.45, 7) is 0.378. The molecule has 1 fully saturated rings. The standard InChI is InChI=1S/C15H21FN2O2/c1-18(15(19)11-4-3-5-13(11)17)9-10-6-7-14(20-2)12(16)8-10/h6-8,11,13H,3-5,9,17H2,1-2H3. The third-order valence-corrected chi connectivity index (χ3v) is 3.90. The van der Waals surface area contributed by atoms with Crippen LogP contribution < -0.4 is 10.5 Å². The van der Waals surface area contributed by atoms with Crippen LogP contribution in [0.5, 0.6) is 5.75 Å². The molecule has 0 bridgehead atoms. The van der Waals surface area contributed by atoms with E-state index in [2.05, 4.69) is 0 Å². The van der Waals surface area contributed by atoms with Crippen molar-refractivity contribution in [3.05, 3.63) is 29.6 Å². The minimum absolute atomic E-state index is 0.0439. The van der Waals surface area contributed by atoms with E-state index in [1.165, 1.54) is 13.2 Å². The topological polar surface area (TPSA) is 55.6 Å². The van der Waals surface area contributed by atoms with Crippen molar-refractivity contribution in [2.24, 2.45) is 11.7 Å². The summed E-state index contributed by atoms with van der Waals surface area (Å²) in [6, 6.07) is 4.69. The molecule has 0 spiro atoms. The van der Waals surface area contributed by atoms with Crippen molar-refractivity contribution in [3.63, 3.8) is 0 Å². The van der Waals surface area contributed by atoms with Crippen molar-refractivity contribution in [1.29, 1.82) is 0 Å². The third-order valence-electron chi connectivity index (χ3n) is 3.90. The number of benzene rings is 1. The first-order valence-corrected chi connectivity index (χ1v) is 6.86. The summed E-state index contributed by atoms with van der Waals surface area (Å²) in [5.41, 5.74) is 6.69. The summed E-state index contributed by atoms with van der Waals surface area (Å²) < 4.78 is 18.5. The van der Waals surface area contributed by atoms with Gasteiger partial charge in [0.25, 0.3) is 0 Å². The van der Waals surface area contributed by atoms with Gasteiger partial charge in [0.05, 0.1) is 13.0 Å². The number of halogens is 1. The highest BCUT2D eigenvalue weighted by Crippen LogP contribution is 2.26. The molecule has 20 heavy (non-hydrogen) atoms. The normalized spacial score (nSPS) is 21.8. The molecule has 2 atom stereocenters. The molecule has 110 valence electrons. The average molecular weight is 280 g/mol. The largest absolute Gasteiger partial charge is 0.494 e. The van der Waals surface area contributed by atoms with Crippen molar-refractivity contribution >= 4 is 5.91 Å². The van der Waals surface area contributed by atoms with Crippen LogP contribution in [0.15, 0.2) is 18.2 Å². The predicted octanol–water partition coefficient (Wildman–Crippen LogP) is 1.92. The second-order valence-corrected chi connectivity index (χ2v) is 5.36. The van der Waals surface area contributed by atoms with Crippen molar-refractivity contribution in [1.82, 2.24) is 4.90 Å². The quantitative estimate of drug-likeness (QED) is 0.916.